The van der Waals surface area contributed by atoms with Crippen LogP contribution in [-0.4, -0.2) is 29.9 Å². The minimum absolute atomic E-state index is 0.197. The highest BCUT2D eigenvalue weighted by Gasteiger charge is 2.38. The third-order valence-electron chi connectivity index (χ3n) is 4.22. The van der Waals surface area contributed by atoms with Crippen LogP contribution in [0.15, 0.2) is 0 Å². The molecule has 16 heavy (non-hydrogen) atoms. The lowest BCUT2D eigenvalue weighted by Gasteiger charge is -2.21. The summed E-state index contributed by atoms with van der Waals surface area (Å²) in [5.41, 5.74) is 5.94. The molecular formula is C13H24N2O. The minimum Gasteiger partial charge on any atom is -0.341 e. The fourth-order valence-corrected chi connectivity index (χ4v) is 3.20. The van der Waals surface area contributed by atoms with Crippen LogP contribution in [0.5, 0.6) is 0 Å². The van der Waals surface area contributed by atoms with E-state index in [4.69, 9.17) is 5.73 Å². The van der Waals surface area contributed by atoms with E-state index in [-0.39, 0.29) is 11.9 Å². The van der Waals surface area contributed by atoms with Gasteiger partial charge in [-0.2, -0.15) is 0 Å². The highest BCUT2D eigenvalue weighted by Crippen LogP contribution is 2.37. The zero-order valence-corrected chi connectivity index (χ0v) is 10.3. The normalized spacial score (nSPS) is 30.5. The maximum atomic E-state index is 12.1. The summed E-state index contributed by atoms with van der Waals surface area (Å²) >= 11 is 0. The molecule has 0 aromatic heterocycles. The van der Waals surface area contributed by atoms with Crippen molar-refractivity contribution in [2.24, 2.45) is 17.6 Å². The Labute approximate surface area is 98.4 Å². The summed E-state index contributed by atoms with van der Waals surface area (Å²) in [7, 11) is 0. The molecule has 2 aliphatic rings. The Bertz CT molecular complexity index is 242. The van der Waals surface area contributed by atoms with Gasteiger partial charge in [-0.05, 0) is 31.1 Å². The van der Waals surface area contributed by atoms with Crippen LogP contribution in [0.4, 0.5) is 0 Å². The maximum absolute atomic E-state index is 12.1. The summed E-state index contributed by atoms with van der Waals surface area (Å²) < 4.78 is 0. The number of fused-ring (bicyclic) bond motifs is 1. The fraction of sp³-hybridized carbons (Fsp3) is 0.923. The lowest BCUT2D eigenvalue weighted by Crippen LogP contribution is -2.43. The van der Waals surface area contributed by atoms with Gasteiger partial charge in [0.05, 0.1) is 6.04 Å². The van der Waals surface area contributed by atoms with E-state index in [1.54, 1.807) is 0 Å². The monoisotopic (exact) mass is 224 g/mol. The third-order valence-corrected chi connectivity index (χ3v) is 4.22. The minimum atomic E-state index is -0.251. The van der Waals surface area contributed by atoms with Crippen LogP contribution in [0, 0.1) is 11.8 Å². The Hall–Kier alpha value is -0.570. The van der Waals surface area contributed by atoms with Gasteiger partial charge in [-0.3, -0.25) is 4.79 Å². The summed E-state index contributed by atoms with van der Waals surface area (Å²) in [5, 5.41) is 0. The van der Waals surface area contributed by atoms with Crippen molar-refractivity contribution in [1.82, 2.24) is 4.90 Å². The maximum Gasteiger partial charge on any atom is 0.239 e. The van der Waals surface area contributed by atoms with Crippen molar-refractivity contribution in [3.8, 4) is 0 Å². The van der Waals surface area contributed by atoms with Gasteiger partial charge in [-0.25, -0.2) is 0 Å². The van der Waals surface area contributed by atoms with E-state index in [0.717, 1.165) is 44.2 Å². The average molecular weight is 224 g/mol. The standard InChI is InChI=1S/C13H24N2O/c1-2-3-7-12(14)13(16)15-8-10-5-4-6-11(10)9-15/h10-12H,2-9,14H2,1H3/t10?,11?,12-/m0/s1. The van der Waals surface area contributed by atoms with E-state index in [9.17, 15) is 4.79 Å². The molecule has 0 bridgehead atoms. The first-order chi connectivity index (χ1) is 7.72. The van der Waals surface area contributed by atoms with Gasteiger partial charge in [0.2, 0.25) is 5.91 Å². The van der Waals surface area contributed by atoms with Gasteiger partial charge in [0, 0.05) is 13.1 Å². The summed E-state index contributed by atoms with van der Waals surface area (Å²) in [6, 6.07) is -0.251. The fourth-order valence-electron chi connectivity index (χ4n) is 3.20. The largest absolute Gasteiger partial charge is 0.341 e. The summed E-state index contributed by atoms with van der Waals surface area (Å²) in [6.45, 7) is 4.09. The van der Waals surface area contributed by atoms with Crippen molar-refractivity contribution in [2.45, 2.75) is 51.5 Å². The second-order valence-electron chi connectivity index (χ2n) is 5.44. The molecule has 1 heterocycles. The summed E-state index contributed by atoms with van der Waals surface area (Å²) in [4.78, 5) is 14.1. The Morgan fingerprint density at radius 2 is 2.00 bits per heavy atom. The van der Waals surface area contributed by atoms with Crippen molar-refractivity contribution >= 4 is 5.91 Å². The van der Waals surface area contributed by atoms with E-state index in [2.05, 4.69) is 6.92 Å². The molecule has 1 aliphatic carbocycles. The molecule has 92 valence electrons. The van der Waals surface area contributed by atoms with Crippen LogP contribution in [0.3, 0.4) is 0 Å². The van der Waals surface area contributed by atoms with E-state index in [1.165, 1.54) is 19.3 Å². The number of hydrogen-bond acceptors (Lipinski definition) is 2. The molecule has 0 spiro atoms. The number of unbranched alkanes of at least 4 members (excludes halogenated alkanes) is 1. The van der Waals surface area contributed by atoms with Crippen LogP contribution in [0.2, 0.25) is 0 Å². The van der Waals surface area contributed by atoms with E-state index >= 15 is 0 Å². The highest BCUT2D eigenvalue weighted by atomic mass is 16.2. The number of nitrogens with zero attached hydrogens (tertiary/aromatic N) is 1. The summed E-state index contributed by atoms with van der Waals surface area (Å²) in [6.07, 6.45) is 7.03. The van der Waals surface area contributed by atoms with Gasteiger partial charge >= 0.3 is 0 Å². The Kier molecular flexibility index (Phi) is 3.85. The molecule has 2 unspecified atom stereocenters. The first-order valence-electron chi connectivity index (χ1n) is 6.76. The quantitative estimate of drug-likeness (QED) is 0.791. The van der Waals surface area contributed by atoms with Gasteiger partial charge in [-0.1, -0.05) is 26.2 Å². The van der Waals surface area contributed by atoms with Crippen molar-refractivity contribution in [3.05, 3.63) is 0 Å². The molecule has 3 atom stereocenters. The number of hydrogen-bond donors (Lipinski definition) is 1. The molecule has 0 aromatic rings. The zero-order chi connectivity index (χ0) is 11.5. The molecule has 2 fully saturated rings. The smallest absolute Gasteiger partial charge is 0.239 e. The second-order valence-corrected chi connectivity index (χ2v) is 5.44. The molecule has 2 rings (SSSR count). The molecule has 2 N–H and O–H groups in total. The average Bonchev–Trinajstić information content (AvgIpc) is 2.84. The van der Waals surface area contributed by atoms with Crippen LogP contribution >= 0.6 is 0 Å². The van der Waals surface area contributed by atoms with Gasteiger partial charge < -0.3 is 10.6 Å². The Morgan fingerprint density at radius 1 is 1.38 bits per heavy atom. The van der Waals surface area contributed by atoms with E-state index in [0.29, 0.717) is 0 Å². The number of likely N-dealkylation sites (tertiary alicyclic amines) is 1. The predicted octanol–water partition coefficient (Wildman–Crippen LogP) is 1.76. The van der Waals surface area contributed by atoms with Crippen molar-refractivity contribution < 1.29 is 4.79 Å². The first kappa shape index (κ1) is 11.9. The molecule has 1 amide bonds. The molecule has 0 radical (unpaired) electrons. The van der Waals surface area contributed by atoms with Crippen molar-refractivity contribution in [2.75, 3.05) is 13.1 Å². The molecule has 1 saturated heterocycles. The summed E-state index contributed by atoms with van der Waals surface area (Å²) in [5.74, 6) is 1.76. The van der Waals surface area contributed by atoms with E-state index in [1.807, 2.05) is 4.90 Å². The van der Waals surface area contributed by atoms with Gasteiger partial charge in [0.1, 0.15) is 0 Å². The van der Waals surface area contributed by atoms with E-state index < -0.39 is 0 Å². The number of amides is 1. The Morgan fingerprint density at radius 3 is 2.56 bits per heavy atom. The van der Waals surface area contributed by atoms with Crippen molar-refractivity contribution in [1.29, 1.82) is 0 Å². The molecule has 1 aliphatic heterocycles. The highest BCUT2D eigenvalue weighted by molar-refractivity contribution is 5.81. The SMILES string of the molecule is CCCC[C@H](N)C(=O)N1CC2CCCC2C1. The van der Waals surface area contributed by atoms with Crippen molar-refractivity contribution in [3.63, 3.8) is 0 Å². The molecular weight excluding hydrogens is 200 g/mol. The lowest BCUT2D eigenvalue weighted by molar-refractivity contribution is -0.132. The van der Waals surface area contributed by atoms with Crippen LogP contribution in [-0.2, 0) is 4.79 Å². The Balaban J connectivity index is 1.82. The molecule has 1 saturated carbocycles. The van der Waals surface area contributed by atoms with Gasteiger partial charge in [0.15, 0.2) is 0 Å². The molecule has 3 nitrogen and oxygen atoms in total. The van der Waals surface area contributed by atoms with Gasteiger partial charge in [0.25, 0.3) is 0 Å². The first-order valence-corrected chi connectivity index (χ1v) is 6.76. The third kappa shape index (κ3) is 2.40. The number of nitrogens with two attached hydrogens (primary N) is 1. The molecule has 3 heteroatoms. The van der Waals surface area contributed by atoms with Crippen LogP contribution < -0.4 is 5.73 Å². The number of carbonyl (C=O) groups excluding carboxylic acids is 1. The lowest BCUT2D eigenvalue weighted by atomic mass is 10.0. The van der Waals surface area contributed by atoms with Gasteiger partial charge in [-0.15, -0.1) is 0 Å². The second kappa shape index (κ2) is 5.17. The number of rotatable bonds is 4. The van der Waals surface area contributed by atoms with Crippen LogP contribution in [0.1, 0.15) is 45.4 Å². The predicted molar refractivity (Wildman–Crippen MR) is 64.9 cm³/mol. The number of carbonyl (C=O) groups is 1. The molecule has 0 aromatic carbocycles. The van der Waals surface area contributed by atoms with Crippen LogP contribution in [0.25, 0.3) is 0 Å². The topological polar surface area (TPSA) is 46.3 Å². The zero-order valence-electron chi connectivity index (χ0n) is 10.3.